The fourth-order valence-electron chi connectivity index (χ4n) is 1.33. The summed E-state index contributed by atoms with van der Waals surface area (Å²) < 4.78 is 4.52. The summed E-state index contributed by atoms with van der Waals surface area (Å²) in [7, 11) is 5.43. The van der Waals surface area contributed by atoms with Gasteiger partial charge in [0.2, 0.25) is 0 Å². The Balaban J connectivity index is 2.64. The third-order valence-corrected chi connectivity index (χ3v) is 2.09. The normalized spacial score (nSPS) is 11.0. The molecule has 0 amide bonds. The fourth-order valence-corrected chi connectivity index (χ4v) is 1.33. The average molecular weight is 219 g/mol. The van der Waals surface area contributed by atoms with Gasteiger partial charge < -0.3 is 9.64 Å². The Morgan fingerprint density at radius 3 is 2.44 bits per heavy atom. The molecule has 1 rings (SSSR count). The minimum atomic E-state index is -0.336. The number of hydrogen-bond acceptors (Lipinski definition) is 3. The molecule has 0 atom stereocenters. The van der Waals surface area contributed by atoms with Crippen molar-refractivity contribution in [3.63, 3.8) is 0 Å². The zero-order valence-corrected chi connectivity index (χ0v) is 9.93. The summed E-state index contributed by atoms with van der Waals surface area (Å²) >= 11 is 0. The molecule has 0 aromatic heterocycles. The van der Waals surface area contributed by atoms with E-state index >= 15 is 0 Å². The van der Waals surface area contributed by atoms with E-state index in [1.165, 1.54) is 18.7 Å². The summed E-state index contributed by atoms with van der Waals surface area (Å²) in [5.41, 5.74) is 2.24. The molecule has 0 N–H and O–H groups in total. The van der Waals surface area contributed by atoms with Crippen LogP contribution >= 0.6 is 0 Å². The monoisotopic (exact) mass is 219 g/mol. The Morgan fingerprint density at radius 2 is 1.94 bits per heavy atom. The van der Waals surface area contributed by atoms with Gasteiger partial charge in [-0.05, 0) is 31.3 Å². The van der Waals surface area contributed by atoms with E-state index in [9.17, 15) is 4.79 Å². The summed E-state index contributed by atoms with van der Waals surface area (Å²) in [6, 6.07) is 8.07. The molecule has 16 heavy (non-hydrogen) atoms. The van der Waals surface area contributed by atoms with Crippen LogP contribution in [0.5, 0.6) is 0 Å². The van der Waals surface area contributed by atoms with Crippen molar-refractivity contribution in [2.75, 3.05) is 21.2 Å². The first-order valence-electron chi connectivity index (χ1n) is 5.11. The van der Waals surface area contributed by atoms with Gasteiger partial charge >= 0.3 is 5.97 Å². The summed E-state index contributed by atoms with van der Waals surface area (Å²) in [6.45, 7) is 0.918. The largest absolute Gasteiger partial charge is 0.466 e. The molecule has 0 aliphatic carbocycles. The van der Waals surface area contributed by atoms with Crippen LogP contribution < -0.4 is 0 Å². The van der Waals surface area contributed by atoms with Gasteiger partial charge in [-0.2, -0.15) is 0 Å². The van der Waals surface area contributed by atoms with Crippen LogP contribution in [0.4, 0.5) is 0 Å². The number of carbonyl (C=O) groups is 1. The number of nitrogens with zero attached hydrogens (tertiary/aromatic N) is 1. The van der Waals surface area contributed by atoms with E-state index in [1.54, 1.807) is 6.08 Å². The third-order valence-electron chi connectivity index (χ3n) is 2.09. The van der Waals surface area contributed by atoms with Gasteiger partial charge in [0, 0.05) is 12.6 Å². The Labute approximate surface area is 96.3 Å². The van der Waals surface area contributed by atoms with Crippen LogP contribution in [0.1, 0.15) is 11.1 Å². The molecule has 0 bridgehead atoms. The van der Waals surface area contributed by atoms with Crippen molar-refractivity contribution in [2.24, 2.45) is 0 Å². The quantitative estimate of drug-likeness (QED) is 0.572. The zero-order valence-electron chi connectivity index (χ0n) is 9.93. The average Bonchev–Trinajstić information content (AvgIpc) is 2.27. The van der Waals surface area contributed by atoms with Gasteiger partial charge in [0.05, 0.1) is 7.11 Å². The molecule has 0 heterocycles. The molecule has 86 valence electrons. The van der Waals surface area contributed by atoms with E-state index in [0.29, 0.717) is 0 Å². The molecule has 0 unspecified atom stereocenters. The van der Waals surface area contributed by atoms with Crippen molar-refractivity contribution < 1.29 is 9.53 Å². The van der Waals surface area contributed by atoms with E-state index in [4.69, 9.17) is 0 Å². The highest BCUT2D eigenvalue weighted by atomic mass is 16.5. The lowest BCUT2D eigenvalue weighted by molar-refractivity contribution is -0.134. The lowest BCUT2D eigenvalue weighted by atomic mass is 10.1. The van der Waals surface area contributed by atoms with Crippen LogP contribution in [-0.4, -0.2) is 32.1 Å². The van der Waals surface area contributed by atoms with Crippen LogP contribution in [0.2, 0.25) is 0 Å². The van der Waals surface area contributed by atoms with Gasteiger partial charge in [-0.15, -0.1) is 0 Å². The minimum Gasteiger partial charge on any atom is -0.466 e. The SMILES string of the molecule is COC(=O)C=Cc1ccc(CN(C)C)cc1. The van der Waals surface area contributed by atoms with Crippen molar-refractivity contribution in [3.8, 4) is 0 Å². The summed E-state index contributed by atoms with van der Waals surface area (Å²) in [6.07, 6.45) is 3.16. The Bertz CT molecular complexity index is 366. The van der Waals surface area contributed by atoms with Gasteiger partial charge in [0.1, 0.15) is 0 Å². The zero-order chi connectivity index (χ0) is 12.0. The maximum atomic E-state index is 10.9. The molecule has 0 saturated heterocycles. The second-order valence-corrected chi connectivity index (χ2v) is 3.84. The van der Waals surface area contributed by atoms with Crippen LogP contribution in [0.3, 0.4) is 0 Å². The molecule has 3 nitrogen and oxygen atoms in total. The Kier molecular flexibility index (Phi) is 4.73. The van der Waals surface area contributed by atoms with E-state index in [0.717, 1.165) is 12.1 Å². The Morgan fingerprint density at radius 1 is 1.31 bits per heavy atom. The van der Waals surface area contributed by atoms with Crippen molar-refractivity contribution in [2.45, 2.75) is 6.54 Å². The van der Waals surface area contributed by atoms with Gasteiger partial charge in [-0.25, -0.2) is 4.79 Å². The van der Waals surface area contributed by atoms with E-state index in [1.807, 2.05) is 26.2 Å². The molecule has 0 spiro atoms. The molecule has 3 heteroatoms. The van der Waals surface area contributed by atoms with E-state index in [2.05, 4.69) is 21.8 Å². The topological polar surface area (TPSA) is 29.5 Å². The predicted octanol–water partition coefficient (Wildman–Crippen LogP) is 1.93. The molecule has 0 aliphatic heterocycles. The van der Waals surface area contributed by atoms with Crippen molar-refractivity contribution >= 4 is 12.0 Å². The molecular weight excluding hydrogens is 202 g/mol. The summed E-state index contributed by atoms with van der Waals surface area (Å²) in [5.74, 6) is -0.336. The number of benzene rings is 1. The maximum absolute atomic E-state index is 10.9. The van der Waals surface area contributed by atoms with Crippen molar-refractivity contribution in [1.82, 2.24) is 4.90 Å². The molecule has 0 aliphatic rings. The highest BCUT2D eigenvalue weighted by Gasteiger charge is 1.95. The minimum absolute atomic E-state index is 0.336. The van der Waals surface area contributed by atoms with Crippen LogP contribution in [0.25, 0.3) is 6.08 Å². The van der Waals surface area contributed by atoms with E-state index in [-0.39, 0.29) is 5.97 Å². The first-order chi connectivity index (χ1) is 7.61. The van der Waals surface area contributed by atoms with Crippen LogP contribution in [-0.2, 0) is 16.1 Å². The maximum Gasteiger partial charge on any atom is 0.330 e. The Hall–Kier alpha value is -1.61. The molecule has 0 saturated carbocycles. The second kappa shape index (κ2) is 6.08. The number of rotatable bonds is 4. The third kappa shape index (κ3) is 4.28. The first-order valence-corrected chi connectivity index (χ1v) is 5.11. The second-order valence-electron chi connectivity index (χ2n) is 3.84. The van der Waals surface area contributed by atoms with E-state index < -0.39 is 0 Å². The number of esters is 1. The summed E-state index contributed by atoms with van der Waals surface area (Å²) in [5, 5.41) is 0. The molecule has 0 fully saturated rings. The van der Waals surface area contributed by atoms with Crippen LogP contribution in [0, 0.1) is 0 Å². The van der Waals surface area contributed by atoms with Crippen LogP contribution in [0.15, 0.2) is 30.3 Å². The molecule has 1 aromatic carbocycles. The van der Waals surface area contributed by atoms with Crippen molar-refractivity contribution in [1.29, 1.82) is 0 Å². The van der Waals surface area contributed by atoms with Gasteiger partial charge in [-0.3, -0.25) is 0 Å². The number of methoxy groups -OCH3 is 1. The molecular formula is C13H17NO2. The van der Waals surface area contributed by atoms with Gasteiger partial charge in [0.15, 0.2) is 0 Å². The number of carbonyl (C=O) groups excluding carboxylic acids is 1. The van der Waals surface area contributed by atoms with Gasteiger partial charge in [0.25, 0.3) is 0 Å². The standard InChI is InChI=1S/C13H17NO2/c1-14(2)10-12-6-4-11(5-7-12)8-9-13(15)16-3/h4-9H,10H2,1-3H3. The number of ether oxygens (including phenoxy) is 1. The number of hydrogen-bond donors (Lipinski definition) is 0. The molecule has 1 aromatic rings. The smallest absolute Gasteiger partial charge is 0.330 e. The highest BCUT2D eigenvalue weighted by Crippen LogP contribution is 2.07. The lowest BCUT2D eigenvalue weighted by Crippen LogP contribution is -2.10. The first kappa shape index (κ1) is 12.5. The predicted molar refractivity (Wildman–Crippen MR) is 64.9 cm³/mol. The lowest BCUT2D eigenvalue weighted by Gasteiger charge is -2.09. The summed E-state index contributed by atoms with van der Waals surface area (Å²) in [4.78, 5) is 13.0. The van der Waals surface area contributed by atoms with Gasteiger partial charge in [-0.1, -0.05) is 24.3 Å². The molecule has 0 radical (unpaired) electrons. The fraction of sp³-hybridized carbons (Fsp3) is 0.308. The highest BCUT2D eigenvalue weighted by molar-refractivity contribution is 5.86. The van der Waals surface area contributed by atoms with Crippen molar-refractivity contribution in [3.05, 3.63) is 41.5 Å².